The predicted octanol–water partition coefficient (Wildman–Crippen LogP) is 10.1. The third kappa shape index (κ3) is 8.56. The van der Waals surface area contributed by atoms with Gasteiger partial charge in [0.25, 0.3) is 5.69 Å². The SMILES string of the molecule is CCCCCCCC/C=C\CCCCCCCC(=O)OCCN1c2ccccc2C(C)(C)C12C=Cc1cc([N+](=O)[O-])ccc1O2. The lowest BCUT2D eigenvalue weighted by Crippen LogP contribution is -2.60. The fourth-order valence-corrected chi connectivity index (χ4v) is 6.65. The number of non-ortho nitro benzene ring substituents is 1. The molecule has 45 heavy (non-hydrogen) atoms. The molecule has 0 saturated heterocycles. The van der Waals surface area contributed by atoms with Gasteiger partial charge in [-0.15, -0.1) is 0 Å². The Kier molecular flexibility index (Phi) is 12.7. The number of esters is 1. The van der Waals surface area contributed by atoms with Crippen molar-refractivity contribution >= 4 is 23.4 Å². The summed E-state index contributed by atoms with van der Waals surface area (Å²) in [6, 6.07) is 12.9. The highest BCUT2D eigenvalue weighted by molar-refractivity contribution is 5.73. The summed E-state index contributed by atoms with van der Waals surface area (Å²) in [6.45, 7) is 7.26. The Hall–Kier alpha value is -3.61. The smallest absolute Gasteiger partial charge is 0.305 e. The summed E-state index contributed by atoms with van der Waals surface area (Å²) in [6.07, 6.45) is 25.0. The van der Waals surface area contributed by atoms with Gasteiger partial charge in [-0.3, -0.25) is 14.9 Å². The molecule has 0 amide bonds. The van der Waals surface area contributed by atoms with E-state index in [0.29, 0.717) is 24.3 Å². The topological polar surface area (TPSA) is 81.9 Å². The Morgan fingerprint density at radius 2 is 1.60 bits per heavy atom. The molecule has 1 spiro atoms. The van der Waals surface area contributed by atoms with E-state index in [4.69, 9.17) is 9.47 Å². The number of ether oxygens (including phenoxy) is 2. The van der Waals surface area contributed by atoms with Crippen molar-refractivity contribution in [3.63, 3.8) is 0 Å². The summed E-state index contributed by atoms with van der Waals surface area (Å²) < 4.78 is 12.4. The third-order valence-electron chi connectivity index (χ3n) is 9.34. The van der Waals surface area contributed by atoms with Gasteiger partial charge in [0.05, 0.1) is 16.9 Å². The molecule has 2 aliphatic heterocycles. The molecule has 0 bridgehead atoms. The summed E-state index contributed by atoms with van der Waals surface area (Å²) in [5.74, 6) is 0.432. The van der Waals surface area contributed by atoms with Crippen molar-refractivity contribution in [2.75, 3.05) is 18.1 Å². The van der Waals surface area contributed by atoms with E-state index in [1.165, 1.54) is 69.9 Å². The number of fused-ring (bicyclic) bond motifs is 2. The number of hydrogen-bond acceptors (Lipinski definition) is 6. The van der Waals surface area contributed by atoms with Crippen LogP contribution in [0.15, 0.2) is 60.7 Å². The van der Waals surface area contributed by atoms with Gasteiger partial charge in [-0.2, -0.15) is 0 Å². The van der Waals surface area contributed by atoms with Crippen LogP contribution in [0.25, 0.3) is 6.08 Å². The van der Waals surface area contributed by atoms with Crippen LogP contribution in [-0.4, -0.2) is 29.8 Å². The van der Waals surface area contributed by atoms with Crippen LogP contribution in [0, 0.1) is 10.1 Å². The second-order valence-corrected chi connectivity index (χ2v) is 13.0. The maximum absolute atomic E-state index is 12.6. The number of nitro benzene ring substituents is 1. The molecule has 1 unspecified atom stereocenters. The fraction of sp³-hybridized carbons (Fsp3) is 0.553. The number of unbranched alkanes of at least 4 members (excludes halogenated alkanes) is 11. The average Bonchev–Trinajstić information content (AvgIpc) is 3.21. The molecule has 2 aromatic rings. The number of allylic oxidation sites excluding steroid dienone is 2. The van der Waals surface area contributed by atoms with Gasteiger partial charge in [0.15, 0.2) is 0 Å². The van der Waals surface area contributed by atoms with Gasteiger partial charge in [-0.05, 0) is 75.8 Å². The van der Waals surface area contributed by atoms with Crippen LogP contribution >= 0.6 is 0 Å². The Bertz CT molecular complexity index is 1330. The van der Waals surface area contributed by atoms with Crippen LogP contribution < -0.4 is 9.64 Å². The van der Waals surface area contributed by atoms with E-state index in [0.717, 1.165) is 36.9 Å². The lowest BCUT2D eigenvalue weighted by atomic mass is 9.76. The van der Waals surface area contributed by atoms with Crippen molar-refractivity contribution in [1.29, 1.82) is 0 Å². The molecule has 7 nitrogen and oxygen atoms in total. The second kappa shape index (κ2) is 16.6. The van der Waals surface area contributed by atoms with E-state index < -0.39 is 16.1 Å². The standard InChI is InChI=1S/C38H52N2O5/c1-4-5-6-7-8-9-10-11-12-13-14-15-16-17-18-23-36(41)44-29-28-39-34-22-20-19-21-33(34)37(2,3)38(39)27-26-31-30-32(40(42)43)24-25-35(31)45-38/h11-12,19-22,24-27,30H,4-10,13-18,23,28-29H2,1-3H3/b12-11-. The molecule has 7 heteroatoms. The Morgan fingerprint density at radius 3 is 2.31 bits per heavy atom. The van der Waals surface area contributed by atoms with Crippen LogP contribution in [0.3, 0.4) is 0 Å². The van der Waals surface area contributed by atoms with Gasteiger partial charge < -0.3 is 14.4 Å². The number of hydrogen-bond donors (Lipinski definition) is 0. The summed E-state index contributed by atoms with van der Waals surface area (Å²) in [4.78, 5) is 25.7. The van der Waals surface area contributed by atoms with E-state index in [1.54, 1.807) is 6.07 Å². The molecule has 0 saturated carbocycles. The molecule has 2 aromatic carbocycles. The van der Waals surface area contributed by atoms with E-state index >= 15 is 0 Å². The summed E-state index contributed by atoms with van der Waals surface area (Å²) in [5.41, 5.74) is 1.57. The number of carbonyl (C=O) groups excluding carboxylic acids is 1. The van der Waals surface area contributed by atoms with Gasteiger partial charge >= 0.3 is 5.97 Å². The highest BCUT2D eigenvalue weighted by atomic mass is 16.6. The minimum atomic E-state index is -0.865. The molecule has 4 rings (SSSR count). The van der Waals surface area contributed by atoms with Crippen molar-refractivity contribution in [3.8, 4) is 5.75 Å². The van der Waals surface area contributed by atoms with Crippen LogP contribution in [-0.2, 0) is 14.9 Å². The Balaban J connectivity index is 1.19. The molecule has 0 aromatic heterocycles. The minimum absolute atomic E-state index is 0.0296. The Morgan fingerprint density at radius 1 is 0.933 bits per heavy atom. The summed E-state index contributed by atoms with van der Waals surface area (Å²) >= 11 is 0. The van der Waals surface area contributed by atoms with Crippen LogP contribution in [0.1, 0.15) is 122 Å². The van der Waals surface area contributed by atoms with Crippen LogP contribution in [0.5, 0.6) is 5.75 Å². The molecule has 244 valence electrons. The highest BCUT2D eigenvalue weighted by Gasteiger charge is 2.58. The maximum Gasteiger partial charge on any atom is 0.305 e. The molecule has 2 heterocycles. The van der Waals surface area contributed by atoms with Crippen LogP contribution in [0.2, 0.25) is 0 Å². The number of benzene rings is 2. The first-order valence-electron chi connectivity index (χ1n) is 17.1. The molecular formula is C38H52N2O5. The highest BCUT2D eigenvalue weighted by Crippen LogP contribution is 2.54. The first-order valence-corrected chi connectivity index (χ1v) is 17.1. The van der Waals surface area contributed by atoms with Gasteiger partial charge in [0.2, 0.25) is 5.72 Å². The fourth-order valence-electron chi connectivity index (χ4n) is 6.65. The van der Waals surface area contributed by atoms with Gasteiger partial charge in [0.1, 0.15) is 12.4 Å². The maximum atomic E-state index is 12.6. The van der Waals surface area contributed by atoms with E-state index in [9.17, 15) is 14.9 Å². The zero-order valence-corrected chi connectivity index (χ0v) is 27.6. The third-order valence-corrected chi connectivity index (χ3v) is 9.34. The quantitative estimate of drug-likeness (QED) is 0.0514. The number of rotatable bonds is 19. The van der Waals surface area contributed by atoms with E-state index in [2.05, 4.69) is 50.0 Å². The predicted molar refractivity (Wildman–Crippen MR) is 183 cm³/mol. The Labute approximate surface area is 269 Å². The van der Waals surface area contributed by atoms with Crippen molar-refractivity contribution < 1.29 is 19.2 Å². The summed E-state index contributed by atoms with van der Waals surface area (Å²) in [5, 5.41) is 11.3. The number of nitro groups is 1. The lowest BCUT2D eigenvalue weighted by Gasteiger charge is -2.47. The van der Waals surface area contributed by atoms with Crippen LogP contribution in [0.4, 0.5) is 11.4 Å². The van der Waals surface area contributed by atoms with Gasteiger partial charge in [-0.25, -0.2) is 0 Å². The number of carbonyl (C=O) groups is 1. The molecule has 0 aliphatic carbocycles. The number of nitrogens with zero attached hydrogens (tertiary/aromatic N) is 2. The van der Waals surface area contributed by atoms with E-state index in [1.807, 2.05) is 24.3 Å². The lowest BCUT2D eigenvalue weighted by molar-refractivity contribution is -0.384. The normalized spacial score (nSPS) is 17.8. The molecule has 2 aliphatic rings. The molecule has 0 fully saturated rings. The first kappa shape index (κ1) is 34.3. The largest absolute Gasteiger partial charge is 0.464 e. The minimum Gasteiger partial charge on any atom is -0.464 e. The molecule has 0 radical (unpaired) electrons. The van der Waals surface area contributed by atoms with Crippen molar-refractivity contribution in [2.45, 2.75) is 122 Å². The molecule has 0 N–H and O–H groups in total. The van der Waals surface area contributed by atoms with Crippen molar-refractivity contribution in [3.05, 3.63) is 81.9 Å². The number of anilines is 1. The van der Waals surface area contributed by atoms with E-state index in [-0.39, 0.29) is 18.3 Å². The second-order valence-electron chi connectivity index (χ2n) is 13.0. The zero-order valence-electron chi connectivity index (χ0n) is 27.6. The monoisotopic (exact) mass is 616 g/mol. The van der Waals surface area contributed by atoms with Gasteiger partial charge in [0, 0.05) is 29.8 Å². The summed E-state index contributed by atoms with van der Waals surface area (Å²) in [7, 11) is 0. The number of para-hydroxylation sites is 1. The van der Waals surface area contributed by atoms with Crippen molar-refractivity contribution in [2.24, 2.45) is 0 Å². The zero-order chi connectivity index (χ0) is 32.1. The van der Waals surface area contributed by atoms with Gasteiger partial charge in [-0.1, -0.05) is 88.6 Å². The molecular weight excluding hydrogens is 564 g/mol. The average molecular weight is 617 g/mol. The van der Waals surface area contributed by atoms with Crippen molar-refractivity contribution in [1.82, 2.24) is 0 Å². The first-order chi connectivity index (χ1) is 21.8. The molecule has 1 atom stereocenters.